The Balaban J connectivity index is 2.32. The molecule has 1 N–H and O–H groups in total. The fraction of sp³-hybridized carbons (Fsp3) is 0.455. The zero-order valence-electron chi connectivity index (χ0n) is 8.03. The Hall–Kier alpha value is -1.22. The standard InChI is InChI=1S/C11H14O3/c12-6-5-9-3-1-4-10-11(9)14-8-2-7-13-10/h1,3-4,12H,2,5-8H2. The second-order valence-electron chi connectivity index (χ2n) is 3.27. The molecule has 0 unspecified atom stereocenters. The minimum absolute atomic E-state index is 0.139. The van der Waals surface area contributed by atoms with E-state index in [1.54, 1.807) is 0 Å². The summed E-state index contributed by atoms with van der Waals surface area (Å²) in [5, 5.41) is 8.90. The van der Waals surface area contributed by atoms with Gasteiger partial charge in [0.25, 0.3) is 0 Å². The summed E-state index contributed by atoms with van der Waals surface area (Å²) in [6.07, 6.45) is 1.53. The van der Waals surface area contributed by atoms with Gasteiger partial charge in [-0.05, 0) is 12.5 Å². The maximum Gasteiger partial charge on any atom is 0.164 e. The first-order valence-electron chi connectivity index (χ1n) is 4.90. The van der Waals surface area contributed by atoms with Crippen molar-refractivity contribution in [2.75, 3.05) is 19.8 Å². The van der Waals surface area contributed by atoms with Crippen molar-refractivity contribution in [1.82, 2.24) is 0 Å². The number of rotatable bonds is 2. The van der Waals surface area contributed by atoms with Crippen molar-refractivity contribution >= 4 is 0 Å². The van der Waals surface area contributed by atoms with Gasteiger partial charge in [0.1, 0.15) is 0 Å². The van der Waals surface area contributed by atoms with Crippen molar-refractivity contribution < 1.29 is 14.6 Å². The van der Waals surface area contributed by atoms with Crippen LogP contribution in [0.25, 0.3) is 0 Å². The van der Waals surface area contributed by atoms with Crippen molar-refractivity contribution in [3.8, 4) is 11.5 Å². The van der Waals surface area contributed by atoms with Crippen LogP contribution in [-0.2, 0) is 6.42 Å². The first-order chi connectivity index (χ1) is 6.92. The normalized spacial score (nSPS) is 14.9. The Bertz CT molecular complexity index is 309. The SMILES string of the molecule is OCCc1cccc2c1OCCCO2. The fourth-order valence-corrected chi connectivity index (χ4v) is 1.57. The van der Waals surface area contributed by atoms with E-state index < -0.39 is 0 Å². The lowest BCUT2D eigenvalue weighted by atomic mass is 10.1. The third-order valence-electron chi connectivity index (χ3n) is 2.23. The largest absolute Gasteiger partial charge is 0.490 e. The minimum Gasteiger partial charge on any atom is -0.490 e. The van der Waals surface area contributed by atoms with Crippen LogP contribution in [0, 0.1) is 0 Å². The van der Waals surface area contributed by atoms with Gasteiger partial charge in [-0.1, -0.05) is 12.1 Å². The van der Waals surface area contributed by atoms with Gasteiger partial charge in [-0.15, -0.1) is 0 Å². The first kappa shape index (κ1) is 9.34. The summed E-state index contributed by atoms with van der Waals surface area (Å²) in [5.74, 6) is 1.60. The van der Waals surface area contributed by atoms with E-state index in [0.29, 0.717) is 19.6 Å². The summed E-state index contributed by atoms with van der Waals surface area (Å²) in [5.41, 5.74) is 1.02. The molecule has 3 nitrogen and oxygen atoms in total. The minimum atomic E-state index is 0.139. The van der Waals surface area contributed by atoms with Crippen molar-refractivity contribution in [2.45, 2.75) is 12.8 Å². The zero-order chi connectivity index (χ0) is 9.80. The number of benzene rings is 1. The number of aliphatic hydroxyl groups is 1. The van der Waals surface area contributed by atoms with Gasteiger partial charge in [0, 0.05) is 18.6 Å². The van der Waals surface area contributed by atoms with E-state index in [2.05, 4.69) is 0 Å². The number of aliphatic hydroxyl groups excluding tert-OH is 1. The second kappa shape index (κ2) is 4.33. The molecule has 76 valence electrons. The van der Waals surface area contributed by atoms with Crippen LogP contribution in [0.2, 0.25) is 0 Å². The second-order valence-corrected chi connectivity index (χ2v) is 3.27. The molecule has 0 spiro atoms. The lowest BCUT2D eigenvalue weighted by Crippen LogP contribution is -1.99. The molecule has 1 heterocycles. The number of para-hydroxylation sites is 1. The molecule has 1 aliphatic rings. The molecule has 0 atom stereocenters. The molecule has 0 bridgehead atoms. The van der Waals surface area contributed by atoms with Crippen LogP contribution in [0.1, 0.15) is 12.0 Å². The smallest absolute Gasteiger partial charge is 0.164 e. The lowest BCUT2D eigenvalue weighted by Gasteiger charge is -2.11. The highest BCUT2D eigenvalue weighted by molar-refractivity contribution is 5.47. The third kappa shape index (κ3) is 1.82. The van der Waals surface area contributed by atoms with Crippen LogP contribution >= 0.6 is 0 Å². The number of hydrogen-bond donors (Lipinski definition) is 1. The summed E-state index contributed by atoms with van der Waals surface area (Å²) in [4.78, 5) is 0. The maximum atomic E-state index is 8.90. The van der Waals surface area contributed by atoms with Gasteiger partial charge in [-0.2, -0.15) is 0 Å². The van der Waals surface area contributed by atoms with Crippen molar-refractivity contribution in [1.29, 1.82) is 0 Å². The zero-order valence-corrected chi connectivity index (χ0v) is 8.03. The maximum absolute atomic E-state index is 8.90. The highest BCUT2D eigenvalue weighted by Gasteiger charge is 2.13. The Labute approximate surface area is 83.3 Å². The number of ether oxygens (including phenoxy) is 2. The molecular weight excluding hydrogens is 180 g/mol. The summed E-state index contributed by atoms with van der Waals surface area (Å²) >= 11 is 0. The van der Waals surface area contributed by atoms with Crippen LogP contribution < -0.4 is 9.47 Å². The molecule has 0 amide bonds. The Morgan fingerprint density at radius 3 is 2.93 bits per heavy atom. The highest BCUT2D eigenvalue weighted by atomic mass is 16.5. The third-order valence-corrected chi connectivity index (χ3v) is 2.23. The van der Waals surface area contributed by atoms with Gasteiger partial charge in [0.2, 0.25) is 0 Å². The molecular formula is C11H14O3. The van der Waals surface area contributed by atoms with Crippen LogP contribution in [-0.4, -0.2) is 24.9 Å². The predicted molar refractivity (Wildman–Crippen MR) is 52.8 cm³/mol. The van der Waals surface area contributed by atoms with Crippen molar-refractivity contribution in [3.63, 3.8) is 0 Å². The van der Waals surface area contributed by atoms with E-state index in [9.17, 15) is 0 Å². The Morgan fingerprint density at radius 1 is 1.21 bits per heavy atom. The molecule has 0 fully saturated rings. The molecule has 1 aromatic carbocycles. The van der Waals surface area contributed by atoms with Gasteiger partial charge in [0.05, 0.1) is 13.2 Å². The summed E-state index contributed by atoms with van der Waals surface area (Å²) in [6.45, 7) is 1.53. The monoisotopic (exact) mass is 194 g/mol. The average molecular weight is 194 g/mol. The van der Waals surface area contributed by atoms with Gasteiger partial charge in [-0.3, -0.25) is 0 Å². The Kier molecular flexibility index (Phi) is 2.89. The highest BCUT2D eigenvalue weighted by Crippen LogP contribution is 2.33. The van der Waals surface area contributed by atoms with Crippen molar-refractivity contribution in [2.24, 2.45) is 0 Å². The van der Waals surface area contributed by atoms with E-state index >= 15 is 0 Å². The van der Waals surface area contributed by atoms with E-state index in [1.165, 1.54) is 0 Å². The van der Waals surface area contributed by atoms with E-state index in [1.807, 2.05) is 18.2 Å². The number of fused-ring (bicyclic) bond motifs is 1. The number of hydrogen-bond acceptors (Lipinski definition) is 3. The quantitative estimate of drug-likeness (QED) is 0.773. The topological polar surface area (TPSA) is 38.7 Å². The van der Waals surface area contributed by atoms with Crippen LogP contribution in [0.15, 0.2) is 18.2 Å². The predicted octanol–water partition coefficient (Wildman–Crippen LogP) is 1.38. The lowest BCUT2D eigenvalue weighted by molar-refractivity contribution is 0.287. The van der Waals surface area contributed by atoms with Crippen LogP contribution in [0.5, 0.6) is 11.5 Å². The summed E-state index contributed by atoms with van der Waals surface area (Å²) in [7, 11) is 0. The average Bonchev–Trinajstić information content (AvgIpc) is 2.44. The molecule has 1 aromatic rings. The van der Waals surface area contributed by atoms with Crippen LogP contribution in [0.4, 0.5) is 0 Å². The van der Waals surface area contributed by atoms with Gasteiger partial charge < -0.3 is 14.6 Å². The van der Waals surface area contributed by atoms with Gasteiger partial charge in [-0.25, -0.2) is 0 Å². The van der Waals surface area contributed by atoms with Crippen molar-refractivity contribution in [3.05, 3.63) is 23.8 Å². The molecule has 0 saturated heterocycles. The molecule has 0 aromatic heterocycles. The van der Waals surface area contributed by atoms with E-state index in [4.69, 9.17) is 14.6 Å². The van der Waals surface area contributed by atoms with Gasteiger partial charge >= 0.3 is 0 Å². The van der Waals surface area contributed by atoms with E-state index in [-0.39, 0.29) is 6.61 Å². The molecule has 3 heteroatoms. The molecule has 2 rings (SSSR count). The molecule has 1 aliphatic heterocycles. The van der Waals surface area contributed by atoms with Crippen LogP contribution in [0.3, 0.4) is 0 Å². The Morgan fingerprint density at radius 2 is 2.07 bits per heavy atom. The van der Waals surface area contributed by atoms with Gasteiger partial charge in [0.15, 0.2) is 11.5 Å². The fourth-order valence-electron chi connectivity index (χ4n) is 1.57. The summed E-state index contributed by atoms with van der Waals surface area (Å²) in [6, 6.07) is 5.80. The summed E-state index contributed by atoms with van der Waals surface area (Å²) < 4.78 is 11.1. The molecule has 0 saturated carbocycles. The molecule has 0 radical (unpaired) electrons. The molecule has 0 aliphatic carbocycles. The van der Waals surface area contributed by atoms with E-state index in [0.717, 1.165) is 23.5 Å². The molecule has 14 heavy (non-hydrogen) atoms. The first-order valence-corrected chi connectivity index (χ1v) is 4.90.